The van der Waals surface area contributed by atoms with Crippen LogP contribution in [0.15, 0.2) is 41.8 Å². The fraction of sp³-hybridized carbons (Fsp3) is 0.333. The zero-order valence-corrected chi connectivity index (χ0v) is 13.6. The molecule has 0 saturated carbocycles. The fourth-order valence-corrected chi connectivity index (χ4v) is 2.88. The van der Waals surface area contributed by atoms with Crippen molar-refractivity contribution in [1.29, 1.82) is 0 Å². The van der Waals surface area contributed by atoms with Crippen LogP contribution in [0.5, 0.6) is 0 Å². The molecule has 126 valence electrons. The van der Waals surface area contributed by atoms with E-state index in [0.29, 0.717) is 6.42 Å². The number of nitrogens with one attached hydrogen (secondary N) is 2. The van der Waals surface area contributed by atoms with Gasteiger partial charge in [-0.05, 0) is 37.1 Å². The van der Waals surface area contributed by atoms with Gasteiger partial charge >= 0.3 is 5.97 Å². The predicted molar refractivity (Wildman–Crippen MR) is 85.6 cm³/mol. The Morgan fingerprint density at radius 3 is 2.39 bits per heavy atom. The number of carbonyl (C=O) groups is 2. The van der Waals surface area contributed by atoms with Crippen LogP contribution in [-0.4, -0.2) is 38.0 Å². The number of sulfonamides is 1. The van der Waals surface area contributed by atoms with Crippen molar-refractivity contribution in [2.45, 2.75) is 30.7 Å². The summed E-state index contributed by atoms with van der Waals surface area (Å²) in [4.78, 5) is 23.2. The second kappa shape index (κ2) is 8.44. The minimum absolute atomic E-state index is 0.0392. The molecule has 1 atom stereocenters. The summed E-state index contributed by atoms with van der Waals surface area (Å²) in [5.74, 6) is -1.71. The summed E-state index contributed by atoms with van der Waals surface area (Å²) < 4.78 is 25.9. The van der Waals surface area contributed by atoms with Crippen LogP contribution in [0.1, 0.15) is 30.1 Å². The van der Waals surface area contributed by atoms with Gasteiger partial charge in [-0.15, -0.1) is 6.58 Å². The fourth-order valence-electron chi connectivity index (χ4n) is 1.84. The Morgan fingerprint density at radius 1 is 1.30 bits per heavy atom. The maximum Gasteiger partial charge on any atom is 0.326 e. The normalized spacial score (nSPS) is 12.4. The maximum absolute atomic E-state index is 12.0. The number of carboxylic acids is 1. The van der Waals surface area contributed by atoms with Crippen molar-refractivity contribution in [2.75, 3.05) is 6.54 Å². The molecule has 0 aliphatic heterocycles. The van der Waals surface area contributed by atoms with Gasteiger partial charge in [0.15, 0.2) is 0 Å². The van der Waals surface area contributed by atoms with Gasteiger partial charge in [-0.2, -0.15) is 0 Å². The van der Waals surface area contributed by atoms with Crippen LogP contribution in [0.2, 0.25) is 0 Å². The highest BCUT2D eigenvalue weighted by Crippen LogP contribution is 2.11. The first kappa shape index (κ1) is 18.9. The summed E-state index contributed by atoms with van der Waals surface area (Å²) in [6.45, 7) is 5.43. The predicted octanol–water partition coefficient (Wildman–Crippen LogP) is 1.13. The molecule has 0 fully saturated rings. The molecule has 0 aromatic heterocycles. The van der Waals surface area contributed by atoms with Gasteiger partial charge in [0.2, 0.25) is 10.0 Å². The average Bonchev–Trinajstić information content (AvgIpc) is 2.51. The highest BCUT2D eigenvalue weighted by Gasteiger charge is 2.20. The average molecular weight is 340 g/mol. The summed E-state index contributed by atoms with van der Waals surface area (Å²) in [6.07, 6.45) is 2.26. The highest BCUT2D eigenvalue weighted by atomic mass is 32.2. The quantitative estimate of drug-likeness (QED) is 0.583. The van der Waals surface area contributed by atoms with Gasteiger partial charge in [0.05, 0.1) is 4.90 Å². The number of amides is 1. The SMILES string of the molecule is C=CCCC(NC(=O)c1ccc(S(=O)(=O)NCC)cc1)C(=O)O. The topological polar surface area (TPSA) is 113 Å². The maximum atomic E-state index is 12.0. The van der Waals surface area contributed by atoms with Crippen molar-refractivity contribution >= 4 is 21.9 Å². The molecule has 0 bridgehead atoms. The van der Waals surface area contributed by atoms with E-state index in [2.05, 4.69) is 16.6 Å². The molecule has 0 aliphatic carbocycles. The molecule has 1 amide bonds. The largest absolute Gasteiger partial charge is 0.480 e. The van der Waals surface area contributed by atoms with E-state index in [4.69, 9.17) is 5.11 Å². The van der Waals surface area contributed by atoms with Gasteiger partial charge in [-0.1, -0.05) is 13.0 Å². The molecular formula is C15H20N2O5S. The van der Waals surface area contributed by atoms with E-state index in [1.165, 1.54) is 24.3 Å². The second-order valence-electron chi connectivity index (χ2n) is 4.76. The molecule has 1 aromatic rings. The molecule has 1 unspecified atom stereocenters. The Kier molecular flexibility index (Phi) is 6.92. The first-order chi connectivity index (χ1) is 10.8. The van der Waals surface area contributed by atoms with Gasteiger partial charge in [-0.3, -0.25) is 4.79 Å². The monoisotopic (exact) mass is 340 g/mol. The van der Waals surface area contributed by atoms with Crippen molar-refractivity contribution in [3.05, 3.63) is 42.5 Å². The molecule has 1 rings (SSSR count). The summed E-state index contributed by atoms with van der Waals surface area (Å²) in [6, 6.07) is 4.25. The molecule has 23 heavy (non-hydrogen) atoms. The number of allylic oxidation sites excluding steroid dienone is 1. The zero-order chi connectivity index (χ0) is 17.5. The highest BCUT2D eigenvalue weighted by molar-refractivity contribution is 7.89. The summed E-state index contributed by atoms with van der Waals surface area (Å²) in [7, 11) is -3.59. The number of carboxylic acid groups (broad SMARTS) is 1. The Hall–Kier alpha value is -2.19. The van der Waals surface area contributed by atoms with Gasteiger partial charge < -0.3 is 10.4 Å². The molecule has 3 N–H and O–H groups in total. The number of benzene rings is 1. The Balaban J connectivity index is 2.84. The molecule has 7 nitrogen and oxygen atoms in total. The molecule has 0 saturated heterocycles. The first-order valence-electron chi connectivity index (χ1n) is 7.06. The third kappa shape index (κ3) is 5.50. The van der Waals surface area contributed by atoms with Crippen molar-refractivity contribution < 1.29 is 23.1 Å². The van der Waals surface area contributed by atoms with Crippen molar-refractivity contribution in [2.24, 2.45) is 0 Å². The molecule has 0 spiro atoms. The van der Waals surface area contributed by atoms with Gasteiger partial charge in [0.25, 0.3) is 5.91 Å². The van der Waals surface area contributed by atoms with Crippen LogP contribution >= 0.6 is 0 Å². The number of hydrogen-bond donors (Lipinski definition) is 3. The first-order valence-corrected chi connectivity index (χ1v) is 8.54. The van der Waals surface area contributed by atoms with E-state index in [1.807, 2.05) is 0 Å². The zero-order valence-electron chi connectivity index (χ0n) is 12.8. The van der Waals surface area contributed by atoms with Crippen LogP contribution in [0, 0.1) is 0 Å². The molecule has 0 heterocycles. The smallest absolute Gasteiger partial charge is 0.326 e. The standard InChI is InChI=1S/C15H20N2O5S/c1-3-5-6-13(15(19)20)17-14(18)11-7-9-12(10-8-11)23(21,22)16-4-2/h3,7-10,13,16H,1,4-6H2,2H3,(H,17,18)(H,19,20). The van der Waals surface area contributed by atoms with Crippen LogP contribution in [0.4, 0.5) is 0 Å². The molecule has 1 aromatic carbocycles. The van der Waals surface area contributed by atoms with Gasteiger partial charge in [0.1, 0.15) is 6.04 Å². The molecule has 0 aliphatic rings. The van der Waals surface area contributed by atoms with Crippen molar-refractivity contribution in [3.63, 3.8) is 0 Å². The summed E-state index contributed by atoms with van der Waals surface area (Å²) in [5.41, 5.74) is 0.185. The van der Waals surface area contributed by atoms with Crippen LogP contribution in [-0.2, 0) is 14.8 Å². The van der Waals surface area contributed by atoms with Gasteiger partial charge in [-0.25, -0.2) is 17.9 Å². The summed E-state index contributed by atoms with van der Waals surface area (Å²) in [5, 5.41) is 11.5. The van der Waals surface area contributed by atoms with E-state index in [1.54, 1.807) is 13.0 Å². The number of rotatable bonds is 9. The Morgan fingerprint density at radius 2 is 1.91 bits per heavy atom. The van der Waals surface area contributed by atoms with E-state index in [9.17, 15) is 18.0 Å². The van der Waals surface area contributed by atoms with Crippen molar-refractivity contribution in [1.82, 2.24) is 10.0 Å². The van der Waals surface area contributed by atoms with Crippen LogP contribution < -0.4 is 10.0 Å². The molecule has 0 radical (unpaired) electrons. The Bertz CT molecular complexity index is 668. The minimum atomic E-state index is -3.59. The summed E-state index contributed by atoms with van der Waals surface area (Å²) >= 11 is 0. The van der Waals surface area contributed by atoms with E-state index >= 15 is 0 Å². The molecule has 8 heteroatoms. The van der Waals surface area contributed by atoms with Gasteiger partial charge in [0, 0.05) is 12.1 Å². The van der Waals surface area contributed by atoms with Crippen molar-refractivity contribution in [3.8, 4) is 0 Å². The molecular weight excluding hydrogens is 320 g/mol. The number of carbonyl (C=O) groups excluding carboxylic acids is 1. The van der Waals surface area contributed by atoms with Crippen LogP contribution in [0.25, 0.3) is 0 Å². The van der Waals surface area contributed by atoms with E-state index in [0.717, 1.165) is 0 Å². The second-order valence-corrected chi connectivity index (χ2v) is 6.52. The lowest BCUT2D eigenvalue weighted by molar-refractivity contribution is -0.139. The number of aliphatic carboxylic acids is 1. The third-order valence-electron chi connectivity index (χ3n) is 3.02. The lowest BCUT2D eigenvalue weighted by Crippen LogP contribution is -2.40. The Labute approximate surface area is 135 Å². The third-order valence-corrected chi connectivity index (χ3v) is 4.59. The lowest BCUT2D eigenvalue weighted by atomic mass is 10.1. The minimum Gasteiger partial charge on any atom is -0.480 e. The lowest BCUT2D eigenvalue weighted by Gasteiger charge is -2.13. The van der Waals surface area contributed by atoms with E-state index < -0.39 is 27.9 Å². The van der Waals surface area contributed by atoms with Crippen LogP contribution in [0.3, 0.4) is 0 Å². The van der Waals surface area contributed by atoms with E-state index in [-0.39, 0.29) is 23.4 Å². The number of hydrogen-bond acceptors (Lipinski definition) is 4.